The summed E-state index contributed by atoms with van der Waals surface area (Å²) in [6.07, 6.45) is 6.02. The van der Waals surface area contributed by atoms with Crippen LogP contribution in [0.4, 0.5) is 4.79 Å². The fourth-order valence-electron chi connectivity index (χ4n) is 3.82. The molecule has 2 N–H and O–H groups in total. The molecule has 1 saturated heterocycles. The topological polar surface area (TPSA) is 81.8 Å². The van der Waals surface area contributed by atoms with E-state index in [-0.39, 0.29) is 24.3 Å². The Bertz CT molecular complexity index is 711. The highest BCUT2D eigenvalue weighted by atomic mass is 79.9. The molecule has 158 valence electrons. The molecule has 1 aromatic rings. The zero-order chi connectivity index (χ0) is 20.6. The second-order valence-electron chi connectivity index (χ2n) is 7.67. The molecule has 0 radical (unpaired) electrons. The maximum absolute atomic E-state index is 12.4. The van der Waals surface area contributed by atoms with Crippen LogP contribution >= 0.6 is 15.9 Å². The summed E-state index contributed by atoms with van der Waals surface area (Å²) in [7, 11) is 0. The number of amides is 4. The van der Waals surface area contributed by atoms with Crippen LogP contribution in [0.2, 0.25) is 0 Å². The predicted octanol–water partition coefficient (Wildman–Crippen LogP) is 2.76. The van der Waals surface area contributed by atoms with Gasteiger partial charge in [0.15, 0.2) is 0 Å². The number of nitrogens with one attached hydrogen (secondary N) is 2. The second kappa shape index (κ2) is 10.6. The summed E-state index contributed by atoms with van der Waals surface area (Å²) in [5.41, 5.74) is 0.568. The first kappa shape index (κ1) is 21.6. The number of carbonyl (C=O) groups is 3. The summed E-state index contributed by atoms with van der Waals surface area (Å²) in [4.78, 5) is 40.5. The average Bonchev–Trinajstić information content (AvgIpc) is 2.75. The van der Waals surface area contributed by atoms with Gasteiger partial charge in [-0.3, -0.25) is 9.59 Å². The van der Waals surface area contributed by atoms with Gasteiger partial charge in [-0.25, -0.2) is 4.79 Å². The number of halogens is 1. The summed E-state index contributed by atoms with van der Waals surface area (Å²) in [5, 5.41) is 5.92. The lowest BCUT2D eigenvalue weighted by molar-refractivity contribution is -0.132. The van der Waals surface area contributed by atoms with Crippen molar-refractivity contribution in [1.29, 1.82) is 0 Å². The Morgan fingerprint density at radius 2 is 1.55 bits per heavy atom. The number of benzene rings is 1. The van der Waals surface area contributed by atoms with Crippen LogP contribution in [0.3, 0.4) is 0 Å². The first-order valence-corrected chi connectivity index (χ1v) is 11.2. The summed E-state index contributed by atoms with van der Waals surface area (Å²) >= 11 is 3.34. The van der Waals surface area contributed by atoms with Crippen molar-refractivity contribution >= 4 is 33.8 Å². The SMILES string of the molecule is O=C(NCCC(=O)N1CCN(C(=O)NC2CCCCC2)CC1)c1ccc(Br)cc1. The molecular formula is C21H29BrN4O3. The molecule has 0 bridgehead atoms. The highest BCUT2D eigenvalue weighted by molar-refractivity contribution is 9.10. The van der Waals surface area contributed by atoms with Gasteiger partial charge in [-0.2, -0.15) is 0 Å². The van der Waals surface area contributed by atoms with Crippen molar-refractivity contribution < 1.29 is 14.4 Å². The van der Waals surface area contributed by atoms with E-state index >= 15 is 0 Å². The van der Waals surface area contributed by atoms with Gasteiger partial charge in [-0.15, -0.1) is 0 Å². The maximum Gasteiger partial charge on any atom is 0.317 e. The molecule has 1 aromatic carbocycles. The summed E-state index contributed by atoms with van der Waals surface area (Å²) in [5.74, 6) is -0.178. The third-order valence-electron chi connectivity index (χ3n) is 5.58. The van der Waals surface area contributed by atoms with E-state index in [9.17, 15) is 14.4 Å². The number of rotatable bonds is 5. The zero-order valence-corrected chi connectivity index (χ0v) is 18.2. The molecule has 3 rings (SSSR count). The highest BCUT2D eigenvalue weighted by Crippen LogP contribution is 2.18. The van der Waals surface area contributed by atoms with E-state index in [0.29, 0.717) is 44.3 Å². The lowest BCUT2D eigenvalue weighted by Gasteiger charge is -2.36. The second-order valence-corrected chi connectivity index (χ2v) is 8.58. The Hall–Kier alpha value is -2.09. The van der Waals surface area contributed by atoms with E-state index in [1.165, 1.54) is 19.3 Å². The first-order chi connectivity index (χ1) is 14.0. The van der Waals surface area contributed by atoms with Crippen molar-refractivity contribution in [2.75, 3.05) is 32.7 Å². The number of carbonyl (C=O) groups excluding carboxylic acids is 3. The highest BCUT2D eigenvalue weighted by Gasteiger charge is 2.25. The number of piperazine rings is 1. The minimum Gasteiger partial charge on any atom is -0.352 e. The first-order valence-electron chi connectivity index (χ1n) is 10.4. The van der Waals surface area contributed by atoms with Gasteiger partial charge >= 0.3 is 6.03 Å². The molecule has 1 saturated carbocycles. The van der Waals surface area contributed by atoms with Crippen LogP contribution in [0, 0.1) is 0 Å². The Morgan fingerprint density at radius 1 is 0.931 bits per heavy atom. The van der Waals surface area contributed by atoms with Crippen LogP contribution in [0.25, 0.3) is 0 Å². The van der Waals surface area contributed by atoms with Gasteiger partial charge in [0.05, 0.1) is 0 Å². The van der Waals surface area contributed by atoms with E-state index in [1.54, 1.807) is 21.9 Å². The summed E-state index contributed by atoms with van der Waals surface area (Å²) < 4.78 is 0.913. The van der Waals surface area contributed by atoms with Crippen molar-refractivity contribution in [3.8, 4) is 0 Å². The monoisotopic (exact) mass is 464 g/mol. The van der Waals surface area contributed by atoms with Crippen molar-refractivity contribution in [3.05, 3.63) is 34.3 Å². The van der Waals surface area contributed by atoms with Crippen molar-refractivity contribution in [2.45, 2.75) is 44.6 Å². The van der Waals surface area contributed by atoms with Crippen LogP contribution in [0.1, 0.15) is 48.9 Å². The third-order valence-corrected chi connectivity index (χ3v) is 6.11. The Labute approximate surface area is 180 Å². The number of urea groups is 1. The lowest BCUT2D eigenvalue weighted by Crippen LogP contribution is -2.54. The fraction of sp³-hybridized carbons (Fsp3) is 0.571. The molecule has 8 heteroatoms. The van der Waals surface area contributed by atoms with Crippen molar-refractivity contribution in [1.82, 2.24) is 20.4 Å². The van der Waals surface area contributed by atoms with Gasteiger partial charge in [0, 0.05) is 55.2 Å². The van der Waals surface area contributed by atoms with Crippen LogP contribution in [0.15, 0.2) is 28.7 Å². The maximum atomic E-state index is 12.4. The van der Waals surface area contributed by atoms with Gasteiger partial charge in [0.2, 0.25) is 5.91 Å². The lowest BCUT2D eigenvalue weighted by atomic mass is 9.96. The predicted molar refractivity (Wildman–Crippen MR) is 115 cm³/mol. The van der Waals surface area contributed by atoms with E-state index in [1.807, 2.05) is 12.1 Å². The van der Waals surface area contributed by atoms with Crippen LogP contribution in [-0.2, 0) is 4.79 Å². The number of hydrogen-bond donors (Lipinski definition) is 2. The summed E-state index contributed by atoms with van der Waals surface area (Å²) in [6.45, 7) is 2.48. The van der Waals surface area contributed by atoms with Crippen LogP contribution in [0.5, 0.6) is 0 Å². The molecular weight excluding hydrogens is 436 g/mol. The van der Waals surface area contributed by atoms with E-state index in [2.05, 4.69) is 26.6 Å². The average molecular weight is 465 g/mol. The number of hydrogen-bond acceptors (Lipinski definition) is 3. The molecule has 0 spiro atoms. The van der Waals surface area contributed by atoms with E-state index in [0.717, 1.165) is 17.3 Å². The van der Waals surface area contributed by atoms with Crippen molar-refractivity contribution in [2.24, 2.45) is 0 Å². The molecule has 1 aliphatic carbocycles. The minimum absolute atomic E-state index is 0.00782. The molecule has 0 atom stereocenters. The van der Waals surface area contributed by atoms with Crippen molar-refractivity contribution in [3.63, 3.8) is 0 Å². The Morgan fingerprint density at radius 3 is 2.21 bits per heavy atom. The van der Waals surface area contributed by atoms with Gasteiger partial charge in [0.25, 0.3) is 5.91 Å². The van der Waals surface area contributed by atoms with Gasteiger partial charge in [-0.05, 0) is 37.1 Å². The molecule has 1 aliphatic heterocycles. The molecule has 0 aromatic heterocycles. The number of nitrogens with zero attached hydrogens (tertiary/aromatic N) is 2. The molecule has 1 heterocycles. The molecule has 7 nitrogen and oxygen atoms in total. The quantitative estimate of drug-likeness (QED) is 0.702. The molecule has 2 fully saturated rings. The molecule has 4 amide bonds. The third kappa shape index (κ3) is 6.45. The Balaban J connectivity index is 1.34. The van der Waals surface area contributed by atoms with Crippen LogP contribution in [-0.4, -0.2) is 66.4 Å². The van der Waals surface area contributed by atoms with Gasteiger partial charge < -0.3 is 20.4 Å². The van der Waals surface area contributed by atoms with E-state index in [4.69, 9.17) is 0 Å². The fourth-order valence-corrected chi connectivity index (χ4v) is 4.08. The normalized spacial score (nSPS) is 17.7. The Kier molecular flexibility index (Phi) is 7.91. The minimum atomic E-state index is -0.186. The van der Waals surface area contributed by atoms with Crippen LogP contribution < -0.4 is 10.6 Å². The molecule has 0 unspecified atom stereocenters. The van der Waals surface area contributed by atoms with Gasteiger partial charge in [-0.1, -0.05) is 35.2 Å². The standard InChI is InChI=1S/C21H29BrN4O3/c22-17-8-6-16(7-9-17)20(28)23-11-10-19(27)25-12-14-26(15-13-25)21(29)24-18-4-2-1-3-5-18/h6-9,18H,1-5,10-15H2,(H,23,28)(H,24,29). The van der Waals surface area contributed by atoms with Gasteiger partial charge in [0.1, 0.15) is 0 Å². The van der Waals surface area contributed by atoms with E-state index < -0.39 is 0 Å². The smallest absolute Gasteiger partial charge is 0.317 e. The largest absolute Gasteiger partial charge is 0.352 e. The molecule has 29 heavy (non-hydrogen) atoms. The molecule has 2 aliphatic rings. The zero-order valence-electron chi connectivity index (χ0n) is 16.7. The summed E-state index contributed by atoms with van der Waals surface area (Å²) in [6, 6.07) is 7.38.